The van der Waals surface area contributed by atoms with Gasteiger partial charge in [-0.25, -0.2) is 0 Å². The van der Waals surface area contributed by atoms with Crippen molar-refractivity contribution in [2.24, 2.45) is 5.73 Å². The van der Waals surface area contributed by atoms with Gasteiger partial charge >= 0.3 is 0 Å². The predicted molar refractivity (Wildman–Crippen MR) is 90.9 cm³/mol. The first-order valence-corrected chi connectivity index (χ1v) is 7.14. The van der Waals surface area contributed by atoms with Crippen LogP contribution in [0.5, 0.6) is 5.75 Å². The lowest BCUT2D eigenvalue weighted by Crippen LogP contribution is -2.35. The number of hydrogen-bond donors (Lipinski definition) is 2. The highest BCUT2D eigenvalue weighted by atomic mass is 35.5. The lowest BCUT2D eigenvalue weighted by atomic mass is 10.3. The van der Waals surface area contributed by atoms with E-state index in [0.29, 0.717) is 44.3 Å². The van der Waals surface area contributed by atoms with Crippen molar-refractivity contribution in [2.45, 2.75) is 6.92 Å². The number of nitrogens with one attached hydrogen (secondary N) is 1. The van der Waals surface area contributed by atoms with Crippen molar-refractivity contribution in [1.82, 2.24) is 4.90 Å². The molecule has 1 amide bonds. The normalized spacial score (nSPS) is 10.2. The maximum atomic E-state index is 12.1. The molecule has 0 bridgehead atoms. The number of benzene rings is 1. The quantitative estimate of drug-likeness (QED) is 0.633. The van der Waals surface area contributed by atoms with Crippen LogP contribution in [0.1, 0.15) is 6.92 Å². The topological polar surface area (TPSA) is 76.8 Å². The fourth-order valence-electron chi connectivity index (χ4n) is 1.87. The summed E-state index contributed by atoms with van der Waals surface area (Å²) in [6.07, 6.45) is 0. The van der Waals surface area contributed by atoms with E-state index >= 15 is 0 Å². The van der Waals surface area contributed by atoms with Crippen molar-refractivity contribution in [2.75, 3.05) is 51.8 Å². The van der Waals surface area contributed by atoms with E-state index in [4.69, 9.17) is 15.2 Å². The second-order valence-electron chi connectivity index (χ2n) is 4.52. The molecule has 0 spiro atoms. The van der Waals surface area contributed by atoms with Crippen LogP contribution in [-0.4, -0.2) is 57.3 Å². The van der Waals surface area contributed by atoms with E-state index in [1.165, 1.54) is 0 Å². The number of nitrogens with two attached hydrogens (primary N) is 1. The minimum Gasteiger partial charge on any atom is -0.495 e. The molecule has 0 unspecified atom stereocenters. The number of para-hydroxylation sites is 2. The van der Waals surface area contributed by atoms with Crippen LogP contribution in [0.4, 0.5) is 5.69 Å². The van der Waals surface area contributed by atoms with Gasteiger partial charge in [-0.2, -0.15) is 0 Å². The van der Waals surface area contributed by atoms with E-state index in [0.717, 1.165) is 6.54 Å². The highest BCUT2D eigenvalue weighted by Gasteiger charge is 2.11. The maximum absolute atomic E-state index is 12.1. The highest BCUT2D eigenvalue weighted by Crippen LogP contribution is 2.22. The summed E-state index contributed by atoms with van der Waals surface area (Å²) in [7, 11) is 1.58. The summed E-state index contributed by atoms with van der Waals surface area (Å²) in [5.41, 5.74) is 6.04. The standard InChI is InChI=1S/C15H25N3O3.ClH/c1-3-18(9-11-21-10-8-16)12-15(19)17-13-6-4-5-7-14(13)20-2;/h4-7H,3,8-12,16H2,1-2H3,(H,17,19);1H. The zero-order valence-corrected chi connectivity index (χ0v) is 14.0. The molecule has 0 aliphatic heterocycles. The molecule has 0 fully saturated rings. The molecule has 7 heteroatoms. The van der Waals surface area contributed by atoms with Crippen molar-refractivity contribution < 1.29 is 14.3 Å². The Hall–Kier alpha value is -1.34. The summed E-state index contributed by atoms with van der Waals surface area (Å²) < 4.78 is 10.5. The molecular weight excluding hydrogens is 306 g/mol. The number of carbonyl (C=O) groups excluding carboxylic acids is 1. The van der Waals surface area contributed by atoms with Gasteiger partial charge < -0.3 is 20.5 Å². The van der Waals surface area contributed by atoms with Gasteiger partial charge in [0.25, 0.3) is 0 Å². The molecule has 0 saturated heterocycles. The fourth-order valence-corrected chi connectivity index (χ4v) is 1.87. The summed E-state index contributed by atoms with van der Waals surface area (Å²) in [5.74, 6) is 0.584. The number of amides is 1. The zero-order valence-electron chi connectivity index (χ0n) is 13.2. The molecule has 1 aromatic rings. The largest absolute Gasteiger partial charge is 0.495 e. The third-order valence-electron chi connectivity index (χ3n) is 3.01. The summed E-state index contributed by atoms with van der Waals surface area (Å²) in [6, 6.07) is 7.35. The Morgan fingerprint density at radius 3 is 2.68 bits per heavy atom. The number of halogens is 1. The van der Waals surface area contributed by atoms with Gasteiger partial charge in [0.1, 0.15) is 5.75 Å². The van der Waals surface area contributed by atoms with Crippen LogP contribution in [0, 0.1) is 0 Å². The molecule has 0 saturated carbocycles. The first-order valence-electron chi connectivity index (χ1n) is 7.14. The lowest BCUT2D eigenvalue weighted by Gasteiger charge is -2.20. The van der Waals surface area contributed by atoms with Crippen LogP contribution >= 0.6 is 12.4 Å². The molecule has 1 aromatic carbocycles. The zero-order chi connectivity index (χ0) is 15.5. The van der Waals surface area contributed by atoms with Gasteiger partial charge in [-0.1, -0.05) is 19.1 Å². The average molecular weight is 332 g/mol. The number of hydrogen-bond acceptors (Lipinski definition) is 5. The summed E-state index contributed by atoms with van der Waals surface area (Å²) >= 11 is 0. The first kappa shape index (κ1) is 20.7. The fraction of sp³-hybridized carbons (Fsp3) is 0.533. The number of likely N-dealkylation sites (N-methyl/N-ethyl adjacent to an activating group) is 1. The Labute approximate surface area is 138 Å². The summed E-state index contributed by atoms with van der Waals surface area (Å²) in [6.45, 7) is 5.46. The molecule has 6 nitrogen and oxygen atoms in total. The second kappa shape index (κ2) is 12.2. The molecule has 1 rings (SSSR count). The van der Waals surface area contributed by atoms with Gasteiger partial charge in [0.05, 0.1) is 32.6 Å². The summed E-state index contributed by atoms with van der Waals surface area (Å²) in [5, 5.41) is 2.86. The van der Waals surface area contributed by atoms with Gasteiger partial charge in [-0.3, -0.25) is 9.69 Å². The second-order valence-corrected chi connectivity index (χ2v) is 4.52. The Bertz CT molecular complexity index is 432. The maximum Gasteiger partial charge on any atom is 0.238 e. The first-order chi connectivity index (χ1) is 10.2. The molecule has 22 heavy (non-hydrogen) atoms. The Morgan fingerprint density at radius 1 is 1.32 bits per heavy atom. The Balaban J connectivity index is 0.00000441. The van der Waals surface area contributed by atoms with Crippen LogP contribution in [0.15, 0.2) is 24.3 Å². The molecule has 0 aromatic heterocycles. The van der Waals surface area contributed by atoms with Gasteiger partial charge in [0.15, 0.2) is 0 Å². The van der Waals surface area contributed by atoms with Crippen LogP contribution in [-0.2, 0) is 9.53 Å². The number of rotatable bonds is 10. The molecule has 0 aliphatic rings. The van der Waals surface area contributed by atoms with Gasteiger partial charge in [-0.15, -0.1) is 12.4 Å². The van der Waals surface area contributed by atoms with Crippen molar-refractivity contribution in [3.05, 3.63) is 24.3 Å². The lowest BCUT2D eigenvalue weighted by molar-refractivity contribution is -0.117. The van der Waals surface area contributed by atoms with E-state index in [-0.39, 0.29) is 18.3 Å². The van der Waals surface area contributed by atoms with Crippen molar-refractivity contribution >= 4 is 24.0 Å². The average Bonchev–Trinajstić information content (AvgIpc) is 2.50. The van der Waals surface area contributed by atoms with Crippen LogP contribution in [0.2, 0.25) is 0 Å². The molecule has 0 heterocycles. The Morgan fingerprint density at radius 2 is 2.05 bits per heavy atom. The van der Waals surface area contributed by atoms with E-state index in [1.807, 2.05) is 36.1 Å². The van der Waals surface area contributed by atoms with Gasteiger partial charge in [0, 0.05) is 13.1 Å². The molecule has 3 N–H and O–H groups in total. The predicted octanol–water partition coefficient (Wildman–Crippen LogP) is 1.35. The number of methoxy groups -OCH3 is 1. The minimum absolute atomic E-state index is 0. The highest BCUT2D eigenvalue weighted by molar-refractivity contribution is 5.93. The van der Waals surface area contributed by atoms with Crippen molar-refractivity contribution in [1.29, 1.82) is 0 Å². The van der Waals surface area contributed by atoms with Crippen LogP contribution in [0.25, 0.3) is 0 Å². The van der Waals surface area contributed by atoms with E-state index in [9.17, 15) is 4.79 Å². The number of ether oxygens (including phenoxy) is 2. The monoisotopic (exact) mass is 331 g/mol. The van der Waals surface area contributed by atoms with E-state index < -0.39 is 0 Å². The molecule has 0 atom stereocenters. The number of carbonyl (C=O) groups is 1. The third kappa shape index (κ3) is 7.61. The van der Waals surface area contributed by atoms with E-state index in [1.54, 1.807) is 7.11 Å². The summed E-state index contributed by atoms with van der Waals surface area (Å²) in [4.78, 5) is 14.1. The van der Waals surface area contributed by atoms with Gasteiger partial charge in [-0.05, 0) is 18.7 Å². The SMILES string of the molecule is CCN(CCOCCN)CC(=O)Nc1ccccc1OC.Cl. The molecular formula is C15H26ClN3O3. The van der Waals surface area contributed by atoms with Crippen molar-refractivity contribution in [3.8, 4) is 5.75 Å². The number of anilines is 1. The molecule has 0 radical (unpaired) electrons. The Kier molecular flexibility index (Phi) is 11.5. The van der Waals surface area contributed by atoms with Gasteiger partial charge in [0.2, 0.25) is 5.91 Å². The molecule has 0 aliphatic carbocycles. The molecule has 126 valence electrons. The van der Waals surface area contributed by atoms with Crippen LogP contribution in [0.3, 0.4) is 0 Å². The third-order valence-corrected chi connectivity index (χ3v) is 3.01. The minimum atomic E-state index is -0.0693. The van der Waals surface area contributed by atoms with Crippen LogP contribution < -0.4 is 15.8 Å². The van der Waals surface area contributed by atoms with E-state index in [2.05, 4.69) is 5.32 Å². The van der Waals surface area contributed by atoms with Crippen molar-refractivity contribution in [3.63, 3.8) is 0 Å². The number of nitrogens with zero attached hydrogens (tertiary/aromatic N) is 1. The smallest absolute Gasteiger partial charge is 0.238 e.